The fourth-order valence-corrected chi connectivity index (χ4v) is 2.11. The van der Waals surface area contributed by atoms with Crippen LogP contribution in [0.3, 0.4) is 0 Å². The van der Waals surface area contributed by atoms with Crippen LogP contribution in [-0.2, 0) is 4.74 Å². The van der Waals surface area contributed by atoms with E-state index < -0.39 is 0 Å². The Morgan fingerprint density at radius 1 is 1.42 bits per heavy atom. The molecule has 1 aliphatic heterocycles. The number of rotatable bonds is 4. The SMILES string of the molecule is CCC(CC1CCOC1)C(C)C. The maximum Gasteiger partial charge on any atom is 0.0495 e. The average Bonchev–Trinajstić information content (AvgIpc) is 2.51. The van der Waals surface area contributed by atoms with E-state index >= 15 is 0 Å². The zero-order chi connectivity index (χ0) is 8.97. The molecule has 0 aliphatic carbocycles. The van der Waals surface area contributed by atoms with Crippen molar-refractivity contribution in [2.45, 2.75) is 40.0 Å². The van der Waals surface area contributed by atoms with Gasteiger partial charge in [0.25, 0.3) is 0 Å². The van der Waals surface area contributed by atoms with E-state index in [1.54, 1.807) is 0 Å². The molecule has 0 saturated carbocycles. The van der Waals surface area contributed by atoms with Crippen LogP contribution in [0.15, 0.2) is 0 Å². The first-order valence-corrected chi connectivity index (χ1v) is 5.31. The summed E-state index contributed by atoms with van der Waals surface area (Å²) in [4.78, 5) is 0. The Morgan fingerprint density at radius 3 is 2.58 bits per heavy atom. The average molecular weight is 170 g/mol. The molecule has 2 atom stereocenters. The van der Waals surface area contributed by atoms with Gasteiger partial charge in [0.2, 0.25) is 0 Å². The lowest BCUT2D eigenvalue weighted by atomic mass is 9.84. The van der Waals surface area contributed by atoms with Crippen molar-refractivity contribution in [3.63, 3.8) is 0 Å². The van der Waals surface area contributed by atoms with Crippen LogP contribution in [0.1, 0.15) is 40.0 Å². The molecular formula is C11H22O. The van der Waals surface area contributed by atoms with E-state index in [4.69, 9.17) is 4.74 Å². The molecule has 0 bridgehead atoms. The summed E-state index contributed by atoms with van der Waals surface area (Å²) in [5.74, 6) is 2.62. The molecule has 1 saturated heterocycles. The molecule has 1 aliphatic rings. The van der Waals surface area contributed by atoms with Gasteiger partial charge in [-0.3, -0.25) is 0 Å². The summed E-state index contributed by atoms with van der Waals surface area (Å²) in [5, 5.41) is 0. The highest BCUT2D eigenvalue weighted by atomic mass is 16.5. The van der Waals surface area contributed by atoms with E-state index in [0.717, 1.165) is 31.0 Å². The van der Waals surface area contributed by atoms with Crippen molar-refractivity contribution >= 4 is 0 Å². The van der Waals surface area contributed by atoms with Crippen molar-refractivity contribution in [3.05, 3.63) is 0 Å². The van der Waals surface area contributed by atoms with Gasteiger partial charge in [-0.05, 0) is 30.6 Å². The predicted molar refractivity (Wildman–Crippen MR) is 52.2 cm³/mol. The van der Waals surface area contributed by atoms with Gasteiger partial charge in [-0.1, -0.05) is 27.2 Å². The smallest absolute Gasteiger partial charge is 0.0495 e. The van der Waals surface area contributed by atoms with E-state index in [-0.39, 0.29) is 0 Å². The Labute approximate surface area is 76.5 Å². The summed E-state index contributed by atoms with van der Waals surface area (Å²) in [6, 6.07) is 0. The highest BCUT2D eigenvalue weighted by molar-refractivity contribution is 4.70. The Balaban J connectivity index is 2.26. The lowest BCUT2D eigenvalue weighted by Crippen LogP contribution is -2.13. The minimum absolute atomic E-state index is 0.843. The minimum Gasteiger partial charge on any atom is -0.381 e. The van der Waals surface area contributed by atoms with Gasteiger partial charge in [-0.2, -0.15) is 0 Å². The van der Waals surface area contributed by atoms with Crippen molar-refractivity contribution < 1.29 is 4.74 Å². The Kier molecular flexibility index (Phi) is 4.07. The van der Waals surface area contributed by atoms with Gasteiger partial charge < -0.3 is 4.74 Å². The molecule has 72 valence electrons. The number of hydrogen-bond donors (Lipinski definition) is 0. The zero-order valence-electron chi connectivity index (χ0n) is 8.68. The van der Waals surface area contributed by atoms with Gasteiger partial charge in [0.05, 0.1) is 0 Å². The topological polar surface area (TPSA) is 9.23 Å². The van der Waals surface area contributed by atoms with Crippen molar-refractivity contribution in [1.29, 1.82) is 0 Å². The van der Waals surface area contributed by atoms with E-state index in [2.05, 4.69) is 20.8 Å². The molecule has 1 fully saturated rings. The van der Waals surface area contributed by atoms with Crippen LogP contribution in [0.5, 0.6) is 0 Å². The van der Waals surface area contributed by atoms with Crippen LogP contribution >= 0.6 is 0 Å². The van der Waals surface area contributed by atoms with E-state index in [1.165, 1.54) is 19.3 Å². The lowest BCUT2D eigenvalue weighted by Gasteiger charge is -2.21. The van der Waals surface area contributed by atoms with Crippen LogP contribution < -0.4 is 0 Å². The maximum absolute atomic E-state index is 5.38. The highest BCUT2D eigenvalue weighted by Crippen LogP contribution is 2.27. The Morgan fingerprint density at radius 2 is 2.17 bits per heavy atom. The molecule has 0 radical (unpaired) electrons. The van der Waals surface area contributed by atoms with Crippen molar-refractivity contribution in [3.8, 4) is 0 Å². The van der Waals surface area contributed by atoms with Gasteiger partial charge in [0, 0.05) is 13.2 Å². The summed E-state index contributed by atoms with van der Waals surface area (Å²) in [6.07, 6.45) is 4.01. The summed E-state index contributed by atoms with van der Waals surface area (Å²) in [7, 11) is 0. The van der Waals surface area contributed by atoms with Crippen LogP contribution in [0, 0.1) is 17.8 Å². The first kappa shape index (κ1) is 10.0. The molecule has 0 aromatic carbocycles. The first-order valence-electron chi connectivity index (χ1n) is 5.31. The second kappa shape index (κ2) is 4.86. The normalized spacial score (nSPS) is 26.5. The number of ether oxygens (including phenoxy) is 1. The summed E-state index contributed by atoms with van der Waals surface area (Å²) in [5.41, 5.74) is 0. The Bertz CT molecular complexity index is 114. The second-order valence-electron chi connectivity index (χ2n) is 4.38. The maximum atomic E-state index is 5.38. The lowest BCUT2D eigenvalue weighted by molar-refractivity contribution is 0.175. The molecule has 0 amide bonds. The van der Waals surface area contributed by atoms with Gasteiger partial charge in [-0.15, -0.1) is 0 Å². The first-order chi connectivity index (χ1) is 5.74. The zero-order valence-corrected chi connectivity index (χ0v) is 8.68. The van der Waals surface area contributed by atoms with Crippen molar-refractivity contribution in [2.24, 2.45) is 17.8 Å². The summed E-state index contributed by atoms with van der Waals surface area (Å²) in [6.45, 7) is 9.00. The van der Waals surface area contributed by atoms with Crippen LogP contribution in [0.4, 0.5) is 0 Å². The molecule has 0 aromatic rings. The molecule has 2 unspecified atom stereocenters. The van der Waals surface area contributed by atoms with Crippen molar-refractivity contribution in [2.75, 3.05) is 13.2 Å². The van der Waals surface area contributed by atoms with Gasteiger partial charge >= 0.3 is 0 Å². The third-order valence-corrected chi connectivity index (χ3v) is 3.13. The van der Waals surface area contributed by atoms with E-state index in [1.807, 2.05) is 0 Å². The van der Waals surface area contributed by atoms with Crippen LogP contribution in [-0.4, -0.2) is 13.2 Å². The van der Waals surface area contributed by atoms with Gasteiger partial charge in [0.1, 0.15) is 0 Å². The molecule has 0 N–H and O–H groups in total. The number of hydrogen-bond acceptors (Lipinski definition) is 1. The van der Waals surface area contributed by atoms with E-state index in [9.17, 15) is 0 Å². The standard InChI is InChI=1S/C11H22O/c1-4-11(9(2)3)7-10-5-6-12-8-10/h9-11H,4-8H2,1-3H3. The van der Waals surface area contributed by atoms with Crippen molar-refractivity contribution in [1.82, 2.24) is 0 Å². The summed E-state index contributed by atoms with van der Waals surface area (Å²) >= 11 is 0. The van der Waals surface area contributed by atoms with Gasteiger partial charge in [0.15, 0.2) is 0 Å². The summed E-state index contributed by atoms with van der Waals surface area (Å²) < 4.78 is 5.38. The van der Waals surface area contributed by atoms with E-state index in [0.29, 0.717) is 0 Å². The molecule has 12 heavy (non-hydrogen) atoms. The van der Waals surface area contributed by atoms with Crippen LogP contribution in [0.25, 0.3) is 0 Å². The minimum atomic E-state index is 0.843. The third kappa shape index (κ3) is 2.78. The molecule has 0 aromatic heterocycles. The fraction of sp³-hybridized carbons (Fsp3) is 1.00. The Hall–Kier alpha value is -0.0400. The monoisotopic (exact) mass is 170 g/mol. The highest BCUT2D eigenvalue weighted by Gasteiger charge is 2.21. The molecular weight excluding hydrogens is 148 g/mol. The fourth-order valence-electron chi connectivity index (χ4n) is 2.11. The molecule has 1 rings (SSSR count). The van der Waals surface area contributed by atoms with Crippen LogP contribution in [0.2, 0.25) is 0 Å². The molecule has 1 heteroatoms. The molecule has 0 spiro atoms. The largest absolute Gasteiger partial charge is 0.381 e. The predicted octanol–water partition coefficient (Wildman–Crippen LogP) is 3.10. The third-order valence-electron chi connectivity index (χ3n) is 3.13. The van der Waals surface area contributed by atoms with Gasteiger partial charge in [-0.25, -0.2) is 0 Å². The second-order valence-corrected chi connectivity index (χ2v) is 4.38. The molecule has 1 nitrogen and oxygen atoms in total. The molecule has 1 heterocycles. The quantitative estimate of drug-likeness (QED) is 0.630.